The maximum atomic E-state index is 13.8. The molecule has 1 aliphatic rings. The Hall–Kier alpha value is -2.64. The number of halogens is 2. The molecular weight excluding hydrogens is 445 g/mol. The lowest BCUT2D eigenvalue weighted by Gasteiger charge is -2.12. The first-order valence-corrected chi connectivity index (χ1v) is 9.97. The van der Waals surface area contributed by atoms with E-state index in [1.807, 2.05) is 24.3 Å². The lowest BCUT2D eigenvalue weighted by atomic mass is 10.2. The molecule has 0 bridgehead atoms. The van der Waals surface area contributed by atoms with E-state index in [9.17, 15) is 14.0 Å². The quantitative estimate of drug-likeness (QED) is 0.445. The van der Waals surface area contributed by atoms with Crippen molar-refractivity contribution in [1.29, 1.82) is 0 Å². The summed E-state index contributed by atoms with van der Waals surface area (Å²) in [6.45, 7) is -0.101. The van der Waals surface area contributed by atoms with Crippen LogP contribution in [0.1, 0.15) is 11.3 Å². The van der Waals surface area contributed by atoms with Crippen LogP contribution in [0, 0.1) is 5.82 Å². The highest BCUT2D eigenvalue weighted by Crippen LogP contribution is 2.34. The molecule has 3 aromatic rings. The summed E-state index contributed by atoms with van der Waals surface area (Å²) in [6, 6.07) is 17.3. The molecule has 4 rings (SSSR count). The lowest BCUT2D eigenvalue weighted by Crippen LogP contribution is -2.27. The molecule has 0 saturated carbocycles. The molecule has 1 fully saturated rings. The molecule has 28 heavy (non-hydrogen) atoms. The van der Waals surface area contributed by atoms with Crippen molar-refractivity contribution in [3.8, 4) is 11.3 Å². The van der Waals surface area contributed by atoms with E-state index >= 15 is 0 Å². The zero-order valence-corrected chi connectivity index (χ0v) is 16.8. The van der Waals surface area contributed by atoms with Crippen LogP contribution in [0.15, 0.2) is 74.5 Å². The van der Waals surface area contributed by atoms with Gasteiger partial charge in [0.05, 0.1) is 11.4 Å². The molecule has 1 saturated heterocycles. The van der Waals surface area contributed by atoms with Crippen LogP contribution in [-0.4, -0.2) is 16.0 Å². The summed E-state index contributed by atoms with van der Waals surface area (Å²) in [5.74, 6) is 0.207. The highest BCUT2D eigenvalue weighted by molar-refractivity contribution is 9.10. The van der Waals surface area contributed by atoms with Crippen molar-refractivity contribution in [1.82, 2.24) is 4.90 Å². The van der Waals surface area contributed by atoms with Gasteiger partial charge in [0.25, 0.3) is 11.1 Å². The molecule has 2 heterocycles. The number of rotatable bonds is 4. The number of imide groups is 1. The minimum atomic E-state index is -0.460. The first-order chi connectivity index (χ1) is 13.5. The fourth-order valence-electron chi connectivity index (χ4n) is 2.79. The van der Waals surface area contributed by atoms with Crippen LogP contribution in [0.2, 0.25) is 0 Å². The lowest BCUT2D eigenvalue weighted by molar-refractivity contribution is -0.123. The molecule has 4 nitrogen and oxygen atoms in total. The van der Waals surface area contributed by atoms with Crippen LogP contribution in [0.3, 0.4) is 0 Å². The maximum absolute atomic E-state index is 13.8. The van der Waals surface area contributed by atoms with Crippen LogP contribution in [0.4, 0.5) is 9.18 Å². The van der Waals surface area contributed by atoms with E-state index in [4.69, 9.17) is 4.42 Å². The predicted molar refractivity (Wildman–Crippen MR) is 110 cm³/mol. The molecule has 0 aliphatic carbocycles. The highest BCUT2D eigenvalue weighted by atomic mass is 79.9. The normalized spacial score (nSPS) is 15.6. The minimum Gasteiger partial charge on any atom is -0.457 e. The number of carbonyl (C=O) groups excluding carboxylic acids is 2. The Kier molecular flexibility index (Phi) is 5.19. The topological polar surface area (TPSA) is 50.5 Å². The van der Waals surface area contributed by atoms with Crippen molar-refractivity contribution in [2.45, 2.75) is 6.54 Å². The van der Waals surface area contributed by atoms with E-state index < -0.39 is 17.0 Å². The number of furan rings is 1. The second-order valence-electron chi connectivity index (χ2n) is 6.07. The number of amides is 2. The summed E-state index contributed by atoms with van der Waals surface area (Å²) in [4.78, 5) is 26.1. The van der Waals surface area contributed by atoms with Crippen molar-refractivity contribution in [3.63, 3.8) is 0 Å². The number of benzene rings is 2. The zero-order chi connectivity index (χ0) is 19.7. The van der Waals surface area contributed by atoms with Gasteiger partial charge in [-0.2, -0.15) is 0 Å². The van der Waals surface area contributed by atoms with Gasteiger partial charge in [-0.15, -0.1) is 0 Å². The summed E-state index contributed by atoms with van der Waals surface area (Å²) in [7, 11) is 0. The van der Waals surface area contributed by atoms with Gasteiger partial charge in [-0.1, -0.05) is 46.3 Å². The first-order valence-electron chi connectivity index (χ1n) is 8.36. The molecular formula is C21H13BrFNO3S. The van der Waals surface area contributed by atoms with E-state index in [-0.39, 0.29) is 11.4 Å². The Morgan fingerprint density at radius 2 is 1.89 bits per heavy atom. The summed E-state index contributed by atoms with van der Waals surface area (Å²) in [5, 5.41) is -0.432. The SMILES string of the molecule is O=C1S/C(=C\c2ccc(-c3cccc(Br)c3)o2)C(=O)N1Cc1ccccc1F. The highest BCUT2D eigenvalue weighted by Gasteiger charge is 2.35. The van der Waals surface area contributed by atoms with Gasteiger partial charge < -0.3 is 4.42 Å². The second-order valence-corrected chi connectivity index (χ2v) is 7.98. The standard InChI is InChI=1S/C21H13BrFNO3S/c22-15-6-3-5-13(10-15)18-9-8-16(27-18)11-19-20(25)24(21(26)28-19)12-14-4-1-2-7-17(14)23/h1-11H,12H2/b19-11-. The summed E-state index contributed by atoms with van der Waals surface area (Å²) in [5.41, 5.74) is 1.18. The third kappa shape index (κ3) is 3.81. The molecule has 140 valence electrons. The fraction of sp³-hybridized carbons (Fsp3) is 0.0476. The van der Waals surface area contributed by atoms with E-state index in [1.165, 1.54) is 12.1 Å². The van der Waals surface area contributed by atoms with Gasteiger partial charge in [0.1, 0.15) is 17.3 Å². The third-order valence-electron chi connectivity index (χ3n) is 4.17. The van der Waals surface area contributed by atoms with Gasteiger partial charge in [0.15, 0.2) is 0 Å². The monoisotopic (exact) mass is 457 g/mol. The van der Waals surface area contributed by atoms with E-state index in [0.717, 1.165) is 26.7 Å². The first kappa shape index (κ1) is 18.7. The summed E-state index contributed by atoms with van der Waals surface area (Å²) in [6.07, 6.45) is 1.54. The molecule has 1 aliphatic heterocycles. The van der Waals surface area contributed by atoms with Crippen LogP contribution < -0.4 is 0 Å². The second kappa shape index (κ2) is 7.77. The van der Waals surface area contributed by atoms with Crippen molar-refractivity contribution in [2.75, 3.05) is 0 Å². The van der Waals surface area contributed by atoms with Crippen LogP contribution in [0.25, 0.3) is 17.4 Å². The fourth-order valence-corrected chi connectivity index (χ4v) is 4.01. The van der Waals surface area contributed by atoms with Crippen LogP contribution in [-0.2, 0) is 11.3 Å². The Morgan fingerprint density at radius 3 is 2.68 bits per heavy atom. The van der Waals surface area contributed by atoms with E-state index in [1.54, 1.807) is 30.3 Å². The molecule has 0 radical (unpaired) electrons. The number of nitrogens with zero attached hydrogens (tertiary/aromatic N) is 1. The molecule has 7 heteroatoms. The van der Waals surface area contributed by atoms with Crippen LogP contribution in [0.5, 0.6) is 0 Å². The Morgan fingerprint density at radius 1 is 1.07 bits per heavy atom. The van der Waals surface area contributed by atoms with Crippen molar-refractivity contribution >= 4 is 44.9 Å². The average Bonchev–Trinajstić information content (AvgIpc) is 3.24. The molecule has 0 spiro atoms. The van der Waals surface area contributed by atoms with Gasteiger partial charge in [-0.25, -0.2) is 4.39 Å². The van der Waals surface area contributed by atoms with Crippen molar-refractivity contribution in [2.24, 2.45) is 0 Å². The molecule has 0 atom stereocenters. The average molecular weight is 458 g/mol. The van der Waals surface area contributed by atoms with Gasteiger partial charge in [0, 0.05) is 21.7 Å². The molecule has 0 unspecified atom stereocenters. The minimum absolute atomic E-state index is 0.101. The van der Waals surface area contributed by atoms with E-state index in [0.29, 0.717) is 17.1 Å². The van der Waals surface area contributed by atoms with Crippen molar-refractivity contribution in [3.05, 3.63) is 87.2 Å². The van der Waals surface area contributed by atoms with Crippen LogP contribution >= 0.6 is 27.7 Å². The smallest absolute Gasteiger partial charge is 0.293 e. The van der Waals surface area contributed by atoms with E-state index in [2.05, 4.69) is 15.9 Å². The zero-order valence-electron chi connectivity index (χ0n) is 14.4. The van der Waals surface area contributed by atoms with Crippen molar-refractivity contribution < 1.29 is 18.4 Å². The van der Waals surface area contributed by atoms with Gasteiger partial charge in [-0.3, -0.25) is 14.5 Å². The number of hydrogen-bond acceptors (Lipinski definition) is 4. The largest absolute Gasteiger partial charge is 0.457 e. The third-order valence-corrected chi connectivity index (χ3v) is 5.57. The number of thioether (sulfide) groups is 1. The number of hydrogen-bond donors (Lipinski definition) is 0. The summed E-state index contributed by atoms with van der Waals surface area (Å²) < 4.78 is 20.6. The molecule has 2 amide bonds. The Balaban J connectivity index is 1.55. The van der Waals surface area contributed by atoms with Gasteiger partial charge in [-0.05, 0) is 42.1 Å². The van der Waals surface area contributed by atoms with Gasteiger partial charge >= 0.3 is 0 Å². The molecule has 0 N–H and O–H groups in total. The maximum Gasteiger partial charge on any atom is 0.293 e. The Labute approximate surface area is 173 Å². The predicted octanol–water partition coefficient (Wildman–Crippen LogP) is 6.08. The number of carbonyl (C=O) groups is 2. The molecule has 1 aromatic heterocycles. The molecule has 2 aromatic carbocycles. The summed E-state index contributed by atoms with van der Waals surface area (Å²) >= 11 is 4.24. The van der Waals surface area contributed by atoms with Gasteiger partial charge in [0.2, 0.25) is 0 Å². The Bertz CT molecular complexity index is 1110.